The molecule has 0 aromatic carbocycles. The van der Waals surface area contributed by atoms with Crippen LogP contribution in [0.5, 0.6) is 0 Å². The highest BCUT2D eigenvalue weighted by Gasteiger charge is 2.07. The Morgan fingerprint density at radius 3 is 2.93 bits per heavy atom. The molecule has 0 fully saturated rings. The van der Waals surface area contributed by atoms with Crippen molar-refractivity contribution in [2.45, 2.75) is 25.8 Å². The number of rotatable bonds is 6. The lowest BCUT2D eigenvalue weighted by Crippen LogP contribution is -2.19. The number of nitrogens with one attached hydrogen (secondary N) is 1. The standard InChI is InChI=1S/C10H14ClNO2S/c1-7(8-4-5-9(11)15-8)12-6-2-3-10(13)14/h4-5,7,12H,2-3,6H2,1H3,(H,13,14). The summed E-state index contributed by atoms with van der Waals surface area (Å²) in [5.74, 6) is -0.747. The van der Waals surface area contributed by atoms with Crippen LogP contribution in [0, 0.1) is 0 Å². The van der Waals surface area contributed by atoms with Crippen molar-refractivity contribution in [1.82, 2.24) is 5.32 Å². The first-order valence-electron chi connectivity index (χ1n) is 4.80. The van der Waals surface area contributed by atoms with Crippen molar-refractivity contribution >= 4 is 28.9 Å². The molecule has 0 aliphatic carbocycles. The largest absolute Gasteiger partial charge is 0.481 e. The molecule has 1 aromatic heterocycles. The van der Waals surface area contributed by atoms with Gasteiger partial charge < -0.3 is 10.4 Å². The molecule has 2 N–H and O–H groups in total. The maximum Gasteiger partial charge on any atom is 0.303 e. The smallest absolute Gasteiger partial charge is 0.303 e. The molecule has 15 heavy (non-hydrogen) atoms. The summed E-state index contributed by atoms with van der Waals surface area (Å²) in [4.78, 5) is 11.5. The summed E-state index contributed by atoms with van der Waals surface area (Å²) in [5, 5.41) is 11.7. The van der Waals surface area contributed by atoms with E-state index < -0.39 is 5.97 Å². The molecule has 0 saturated heterocycles. The molecule has 1 aromatic rings. The average Bonchev–Trinajstić information content (AvgIpc) is 2.59. The van der Waals surface area contributed by atoms with E-state index in [9.17, 15) is 4.79 Å². The molecule has 0 aliphatic rings. The summed E-state index contributed by atoms with van der Waals surface area (Å²) in [6.45, 7) is 2.76. The minimum atomic E-state index is -0.747. The summed E-state index contributed by atoms with van der Waals surface area (Å²) < 4.78 is 0.782. The minimum absolute atomic E-state index is 0.213. The maximum atomic E-state index is 10.3. The molecule has 84 valence electrons. The van der Waals surface area contributed by atoms with Crippen LogP contribution in [0.15, 0.2) is 12.1 Å². The third-order valence-electron chi connectivity index (χ3n) is 2.04. The predicted octanol–water partition coefficient (Wildman–Crippen LogP) is 2.92. The Bertz CT molecular complexity index is 327. The van der Waals surface area contributed by atoms with Crippen LogP contribution < -0.4 is 5.32 Å². The first-order chi connectivity index (χ1) is 7.09. The van der Waals surface area contributed by atoms with E-state index in [4.69, 9.17) is 16.7 Å². The van der Waals surface area contributed by atoms with Gasteiger partial charge in [0.25, 0.3) is 0 Å². The summed E-state index contributed by atoms with van der Waals surface area (Å²) in [5.41, 5.74) is 0. The van der Waals surface area contributed by atoms with E-state index in [-0.39, 0.29) is 12.5 Å². The van der Waals surface area contributed by atoms with E-state index >= 15 is 0 Å². The second-order valence-electron chi connectivity index (χ2n) is 3.31. The third kappa shape index (κ3) is 4.64. The molecule has 0 bridgehead atoms. The maximum absolute atomic E-state index is 10.3. The van der Waals surface area contributed by atoms with Gasteiger partial charge in [-0.25, -0.2) is 0 Å². The van der Waals surface area contributed by atoms with Crippen molar-refractivity contribution in [2.75, 3.05) is 6.54 Å². The zero-order valence-corrected chi connectivity index (χ0v) is 10.1. The number of hydrogen-bond donors (Lipinski definition) is 2. The number of carboxylic acid groups (broad SMARTS) is 1. The van der Waals surface area contributed by atoms with E-state index in [1.165, 1.54) is 4.88 Å². The molecular weight excluding hydrogens is 234 g/mol. The van der Waals surface area contributed by atoms with Gasteiger partial charge in [0.15, 0.2) is 0 Å². The van der Waals surface area contributed by atoms with Gasteiger partial charge in [-0.05, 0) is 32.0 Å². The van der Waals surface area contributed by atoms with Gasteiger partial charge in [-0.3, -0.25) is 4.79 Å². The molecule has 1 heterocycles. The van der Waals surface area contributed by atoms with Gasteiger partial charge in [0.05, 0.1) is 4.34 Å². The fraction of sp³-hybridized carbons (Fsp3) is 0.500. The lowest BCUT2D eigenvalue weighted by Gasteiger charge is -2.10. The van der Waals surface area contributed by atoms with Gasteiger partial charge in [0.2, 0.25) is 0 Å². The Kier molecular flexibility index (Phi) is 5.08. The molecular formula is C10H14ClNO2S. The predicted molar refractivity (Wildman–Crippen MR) is 62.6 cm³/mol. The Morgan fingerprint density at radius 1 is 1.67 bits per heavy atom. The molecule has 0 radical (unpaired) electrons. The average molecular weight is 248 g/mol. The Morgan fingerprint density at radius 2 is 2.40 bits per heavy atom. The normalized spacial score (nSPS) is 12.7. The number of carboxylic acids is 1. The van der Waals surface area contributed by atoms with E-state index in [1.807, 2.05) is 19.1 Å². The topological polar surface area (TPSA) is 49.3 Å². The summed E-state index contributed by atoms with van der Waals surface area (Å²) in [6.07, 6.45) is 0.865. The van der Waals surface area contributed by atoms with Crippen LogP contribution in [-0.4, -0.2) is 17.6 Å². The number of thiophene rings is 1. The van der Waals surface area contributed by atoms with Crippen LogP contribution in [0.25, 0.3) is 0 Å². The zero-order chi connectivity index (χ0) is 11.3. The fourth-order valence-electron chi connectivity index (χ4n) is 1.22. The highest BCUT2D eigenvalue weighted by molar-refractivity contribution is 7.16. The van der Waals surface area contributed by atoms with Crippen LogP contribution in [0.1, 0.15) is 30.7 Å². The molecule has 0 spiro atoms. The molecule has 5 heteroatoms. The van der Waals surface area contributed by atoms with Gasteiger partial charge >= 0.3 is 5.97 Å². The molecule has 0 saturated carbocycles. The first kappa shape index (κ1) is 12.5. The molecule has 0 amide bonds. The van der Waals surface area contributed by atoms with E-state index in [1.54, 1.807) is 11.3 Å². The number of hydrogen-bond acceptors (Lipinski definition) is 3. The van der Waals surface area contributed by atoms with Crippen LogP contribution in [-0.2, 0) is 4.79 Å². The van der Waals surface area contributed by atoms with Gasteiger partial charge in [-0.15, -0.1) is 11.3 Å². The third-order valence-corrected chi connectivity index (χ3v) is 3.45. The fourth-order valence-corrected chi connectivity index (χ4v) is 2.31. The summed E-state index contributed by atoms with van der Waals surface area (Å²) in [6, 6.07) is 4.09. The van der Waals surface area contributed by atoms with Crippen molar-refractivity contribution < 1.29 is 9.90 Å². The number of aliphatic carboxylic acids is 1. The Hall–Kier alpha value is -0.580. The van der Waals surface area contributed by atoms with Gasteiger partial charge in [-0.2, -0.15) is 0 Å². The Labute approximate surface area is 98.1 Å². The van der Waals surface area contributed by atoms with Crippen molar-refractivity contribution in [2.24, 2.45) is 0 Å². The number of halogens is 1. The molecule has 1 atom stereocenters. The molecule has 1 rings (SSSR count). The van der Waals surface area contributed by atoms with Crippen LogP contribution in [0.3, 0.4) is 0 Å². The monoisotopic (exact) mass is 247 g/mol. The Balaban J connectivity index is 2.24. The second kappa shape index (κ2) is 6.10. The highest BCUT2D eigenvalue weighted by Crippen LogP contribution is 2.26. The van der Waals surface area contributed by atoms with Gasteiger partial charge in [-0.1, -0.05) is 11.6 Å². The second-order valence-corrected chi connectivity index (χ2v) is 5.06. The first-order valence-corrected chi connectivity index (χ1v) is 5.99. The number of carbonyl (C=O) groups is 1. The molecule has 3 nitrogen and oxygen atoms in total. The minimum Gasteiger partial charge on any atom is -0.481 e. The van der Waals surface area contributed by atoms with Crippen molar-refractivity contribution in [3.63, 3.8) is 0 Å². The van der Waals surface area contributed by atoms with Crippen LogP contribution in [0.4, 0.5) is 0 Å². The molecule has 0 aliphatic heterocycles. The van der Waals surface area contributed by atoms with E-state index in [0.29, 0.717) is 13.0 Å². The summed E-state index contributed by atoms with van der Waals surface area (Å²) in [7, 11) is 0. The van der Waals surface area contributed by atoms with Crippen molar-refractivity contribution in [3.8, 4) is 0 Å². The summed E-state index contributed by atoms with van der Waals surface area (Å²) >= 11 is 7.37. The van der Waals surface area contributed by atoms with Crippen molar-refractivity contribution in [3.05, 3.63) is 21.3 Å². The molecule has 1 unspecified atom stereocenters. The lowest BCUT2D eigenvalue weighted by atomic mass is 10.2. The quantitative estimate of drug-likeness (QED) is 0.760. The van der Waals surface area contributed by atoms with Crippen LogP contribution >= 0.6 is 22.9 Å². The van der Waals surface area contributed by atoms with Gasteiger partial charge in [0, 0.05) is 17.3 Å². The highest BCUT2D eigenvalue weighted by atomic mass is 35.5. The van der Waals surface area contributed by atoms with E-state index in [2.05, 4.69) is 5.32 Å². The van der Waals surface area contributed by atoms with E-state index in [0.717, 1.165) is 4.34 Å². The van der Waals surface area contributed by atoms with Gasteiger partial charge in [0.1, 0.15) is 0 Å². The SMILES string of the molecule is CC(NCCCC(=O)O)c1ccc(Cl)s1. The zero-order valence-electron chi connectivity index (χ0n) is 8.50. The van der Waals surface area contributed by atoms with Crippen LogP contribution in [0.2, 0.25) is 4.34 Å². The lowest BCUT2D eigenvalue weighted by molar-refractivity contribution is -0.137. The van der Waals surface area contributed by atoms with Crippen molar-refractivity contribution in [1.29, 1.82) is 0 Å².